The summed E-state index contributed by atoms with van der Waals surface area (Å²) in [6, 6.07) is 11.2. The molecule has 1 aliphatic carbocycles. The molecule has 1 aliphatic heterocycles. The highest BCUT2D eigenvalue weighted by Gasteiger charge is 2.24. The van der Waals surface area contributed by atoms with Gasteiger partial charge in [-0.05, 0) is 54.5 Å². The molecule has 0 saturated heterocycles. The molecule has 96 valence electrons. The second kappa shape index (κ2) is 4.37. The summed E-state index contributed by atoms with van der Waals surface area (Å²) in [5, 5.41) is 3.48. The summed E-state index contributed by atoms with van der Waals surface area (Å²) in [4.78, 5) is 4.65. The standard InChI is InChI=1S/C17H18N2/c1-3-13-4-2-9-19-17(13)15(5-1)14-7-6-12-8-10-18-16(12)11-14/h2,4,6-7,9,11,15,18H,1,3,5,8,10H2. The lowest BCUT2D eigenvalue weighted by molar-refractivity contribution is 0.599. The lowest BCUT2D eigenvalue weighted by Crippen LogP contribution is -2.13. The SMILES string of the molecule is c1cnc2c(c1)CCCC2c1ccc2c(c1)NCC2. The average Bonchev–Trinajstić information content (AvgIpc) is 2.94. The highest BCUT2D eigenvalue weighted by molar-refractivity contribution is 5.58. The number of aromatic nitrogens is 1. The van der Waals surface area contributed by atoms with Crippen LogP contribution >= 0.6 is 0 Å². The average molecular weight is 250 g/mol. The van der Waals surface area contributed by atoms with E-state index >= 15 is 0 Å². The van der Waals surface area contributed by atoms with Crippen LogP contribution in [0, 0.1) is 0 Å². The maximum absolute atomic E-state index is 4.65. The van der Waals surface area contributed by atoms with Gasteiger partial charge in [0.05, 0.1) is 5.69 Å². The van der Waals surface area contributed by atoms with Crippen molar-refractivity contribution in [3.8, 4) is 0 Å². The Balaban J connectivity index is 1.77. The Morgan fingerprint density at radius 3 is 3.11 bits per heavy atom. The first-order valence-electron chi connectivity index (χ1n) is 7.22. The van der Waals surface area contributed by atoms with Gasteiger partial charge in [-0.25, -0.2) is 0 Å². The van der Waals surface area contributed by atoms with Gasteiger partial charge < -0.3 is 5.32 Å². The first-order chi connectivity index (χ1) is 9.42. The predicted octanol–water partition coefficient (Wildman–Crippen LogP) is 3.52. The fourth-order valence-corrected chi connectivity index (χ4v) is 3.46. The van der Waals surface area contributed by atoms with E-state index in [4.69, 9.17) is 0 Å². The van der Waals surface area contributed by atoms with E-state index in [9.17, 15) is 0 Å². The van der Waals surface area contributed by atoms with Crippen molar-refractivity contribution in [3.05, 3.63) is 58.9 Å². The van der Waals surface area contributed by atoms with Gasteiger partial charge in [-0.15, -0.1) is 0 Å². The van der Waals surface area contributed by atoms with Gasteiger partial charge in [-0.2, -0.15) is 0 Å². The molecule has 19 heavy (non-hydrogen) atoms. The minimum absolute atomic E-state index is 0.484. The van der Waals surface area contributed by atoms with Crippen LogP contribution in [-0.2, 0) is 12.8 Å². The van der Waals surface area contributed by atoms with Crippen molar-refractivity contribution in [1.82, 2.24) is 4.98 Å². The largest absolute Gasteiger partial charge is 0.384 e. The summed E-state index contributed by atoms with van der Waals surface area (Å²) in [6.45, 7) is 1.08. The number of benzene rings is 1. The van der Waals surface area contributed by atoms with Gasteiger partial charge >= 0.3 is 0 Å². The Bertz CT molecular complexity index is 618. The van der Waals surface area contributed by atoms with E-state index < -0.39 is 0 Å². The fraction of sp³-hybridized carbons (Fsp3) is 0.353. The van der Waals surface area contributed by atoms with Gasteiger partial charge in [0.15, 0.2) is 0 Å². The molecule has 2 nitrogen and oxygen atoms in total. The van der Waals surface area contributed by atoms with Crippen molar-refractivity contribution in [1.29, 1.82) is 0 Å². The van der Waals surface area contributed by atoms with E-state index in [2.05, 4.69) is 40.6 Å². The number of hydrogen-bond acceptors (Lipinski definition) is 2. The van der Waals surface area contributed by atoms with Crippen molar-refractivity contribution < 1.29 is 0 Å². The minimum atomic E-state index is 0.484. The first kappa shape index (κ1) is 11.0. The monoisotopic (exact) mass is 250 g/mol. The minimum Gasteiger partial charge on any atom is -0.384 e. The summed E-state index contributed by atoms with van der Waals surface area (Å²) in [5.41, 5.74) is 6.95. The normalized spacial score (nSPS) is 20.5. The van der Waals surface area contributed by atoms with Crippen LogP contribution in [0.2, 0.25) is 0 Å². The van der Waals surface area contributed by atoms with Crippen molar-refractivity contribution in [2.75, 3.05) is 11.9 Å². The van der Waals surface area contributed by atoms with Crippen molar-refractivity contribution in [3.63, 3.8) is 0 Å². The van der Waals surface area contributed by atoms with Gasteiger partial charge in [-0.3, -0.25) is 4.98 Å². The molecule has 1 aromatic heterocycles. The summed E-state index contributed by atoms with van der Waals surface area (Å²) in [5.74, 6) is 0.484. The Morgan fingerprint density at radius 1 is 1.11 bits per heavy atom. The van der Waals surface area contributed by atoms with Crippen LogP contribution in [0.15, 0.2) is 36.5 Å². The number of nitrogens with one attached hydrogen (secondary N) is 1. The number of fused-ring (bicyclic) bond motifs is 2. The molecule has 2 aliphatic rings. The third-order valence-electron chi connectivity index (χ3n) is 4.44. The highest BCUT2D eigenvalue weighted by Crippen LogP contribution is 2.37. The smallest absolute Gasteiger partial charge is 0.0510 e. The van der Waals surface area contributed by atoms with Gasteiger partial charge in [0.25, 0.3) is 0 Å². The number of aryl methyl sites for hydroxylation is 1. The molecule has 1 unspecified atom stereocenters. The zero-order chi connectivity index (χ0) is 12.7. The maximum atomic E-state index is 4.65. The summed E-state index contributed by atoms with van der Waals surface area (Å²) < 4.78 is 0. The van der Waals surface area contributed by atoms with Crippen LogP contribution in [0.1, 0.15) is 41.1 Å². The van der Waals surface area contributed by atoms with Crippen LogP contribution < -0.4 is 5.32 Å². The summed E-state index contributed by atoms with van der Waals surface area (Å²) >= 11 is 0. The predicted molar refractivity (Wildman–Crippen MR) is 77.7 cm³/mol. The van der Waals surface area contributed by atoms with E-state index in [0.717, 1.165) is 13.0 Å². The maximum Gasteiger partial charge on any atom is 0.0510 e. The number of pyridine rings is 1. The molecular formula is C17H18N2. The molecule has 2 heteroatoms. The summed E-state index contributed by atoms with van der Waals surface area (Å²) in [7, 11) is 0. The Hall–Kier alpha value is -1.83. The number of nitrogens with zero attached hydrogens (tertiary/aromatic N) is 1. The van der Waals surface area contributed by atoms with Crippen molar-refractivity contribution in [2.45, 2.75) is 31.6 Å². The molecule has 4 rings (SSSR count). The summed E-state index contributed by atoms with van der Waals surface area (Å²) in [6.07, 6.45) is 6.78. The molecule has 2 heterocycles. The number of anilines is 1. The molecular weight excluding hydrogens is 232 g/mol. The number of hydrogen-bond donors (Lipinski definition) is 1. The Kier molecular flexibility index (Phi) is 2.54. The van der Waals surface area contributed by atoms with Gasteiger partial charge in [0.1, 0.15) is 0 Å². The Labute approximate surface area is 113 Å². The second-order valence-corrected chi connectivity index (χ2v) is 5.59. The molecule has 1 N–H and O–H groups in total. The molecule has 1 atom stereocenters. The van der Waals surface area contributed by atoms with Crippen LogP contribution in [0.3, 0.4) is 0 Å². The molecule has 2 aromatic rings. The van der Waals surface area contributed by atoms with Crippen LogP contribution in [0.5, 0.6) is 0 Å². The van der Waals surface area contributed by atoms with Gasteiger partial charge in [0.2, 0.25) is 0 Å². The quantitative estimate of drug-likeness (QED) is 0.837. The van der Waals surface area contributed by atoms with E-state index in [-0.39, 0.29) is 0 Å². The lowest BCUT2D eigenvalue weighted by Gasteiger charge is -2.25. The van der Waals surface area contributed by atoms with Crippen LogP contribution in [0.4, 0.5) is 5.69 Å². The highest BCUT2D eigenvalue weighted by atomic mass is 14.9. The van der Waals surface area contributed by atoms with E-state index in [1.165, 1.54) is 47.3 Å². The fourth-order valence-electron chi connectivity index (χ4n) is 3.46. The zero-order valence-electron chi connectivity index (χ0n) is 11.0. The van der Waals surface area contributed by atoms with Crippen molar-refractivity contribution in [2.24, 2.45) is 0 Å². The van der Waals surface area contributed by atoms with Crippen molar-refractivity contribution >= 4 is 5.69 Å². The molecule has 1 aromatic carbocycles. The molecule has 0 spiro atoms. The molecule has 0 radical (unpaired) electrons. The van der Waals surface area contributed by atoms with Gasteiger partial charge in [-0.1, -0.05) is 18.2 Å². The molecule has 0 fully saturated rings. The van der Waals surface area contributed by atoms with E-state index in [0.29, 0.717) is 5.92 Å². The molecule has 0 bridgehead atoms. The van der Waals surface area contributed by atoms with Crippen LogP contribution in [0.25, 0.3) is 0 Å². The third-order valence-corrected chi connectivity index (χ3v) is 4.44. The number of rotatable bonds is 1. The van der Waals surface area contributed by atoms with Crippen LogP contribution in [-0.4, -0.2) is 11.5 Å². The first-order valence-corrected chi connectivity index (χ1v) is 7.22. The van der Waals surface area contributed by atoms with E-state index in [1.807, 2.05) is 6.20 Å². The Morgan fingerprint density at radius 2 is 2.11 bits per heavy atom. The molecule has 0 amide bonds. The van der Waals surface area contributed by atoms with Gasteiger partial charge in [0, 0.05) is 24.3 Å². The third kappa shape index (κ3) is 1.83. The second-order valence-electron chi connectivity index (χ2n) is 5.59. The molecule has 0 saturated carbocycles. The lowest BCUT2D eigenvalue weighted by atomic mass is 9.82. The van der Waals surface area contributed by atoms with E-state index in [1.54, 1.807) is 0 Å². The zero-order valence-corrected chi connectivity index (χ0v) is 11.0. The topological polar surface area (TPSA) is 24.9 Å².